The standard InChI is InChI=1S/C13H16FN3O2/c1-13(2,3)16-11(18)12(19)17-15-8-9-6-4-5-7-10(9)14/h4-8H,1-3H3,(H,16,18)(H,17,19)/b15-8-. The third kappa shape index (κ3) is 5.29. The van der Waals surface area contributed by atoms with Crippen molar-refractivity contribution in [1.29, 1.82) is 0 Å². The Bertz CT molecular complexity index is 507. The van der Waals surface area contributed by atoms with Crippen LogP contribution in [0.2, 0.25) is 0 Å². The van der Waals surface area contributed by atoms with E-state index >= 15 is 0 Å². The van der Waals surface area contributed by atoms with Gasteiger partial charge >= 0.3 is 11.8 Å². The number of amides is 2. The van der Waals surface area contributed by atoms with E-state index in [1.54, 1.807) is 32.9 Å². The molecule has 5 nitrogen and oxygen atoms in total. The van der Waals surface area contributed by atoms with E-state index in [1.807, 2.05) is 5.43 Å². The summed E-state index contributed by atoms with van der Waals surface area (Å²) in [5.41, 5.74) is 1.74. The summed E-state index contributed by atoms with van der Waals surface area (Å²) >= 11 is 0. The molecule has 0 radical (unpaired) electrons. The van der Waals surface area contributed by atoms with Crippen LogP contribution < -0.4 is 10.7 Å². The van der Waals surface area contributed by atoms with Gasteiger partial charge in [0.1, 0.15) is 5.82 Å². The van der Waals surface area contributed by atoms with Crippen molar-refractivity contribution in [3.8, 4) is 0 Å². The van der Waals surface area contributed by atoms with E-state index in [2.05, 4.69) is 10.4 Å². The van der Waals surface area contributed by atoms with Crippen molar-refractivity contribution in [2.75, 3.05) is 0 Å². The highest BCUT2D eigenvalue weighted by atomic mass is 19.1. The lowest BCUT2D eigenvalue weighted by atomic mass is 10.1. The van der Waals surface area contributed by atoms with E-state index in [9.17, 15) is 14.0 Å². The van der Waals surface area contributed by atoms with Crippen LogP contribution in [-0.4, -0.2) is 23.6 Å². The van der Waals surface area contributed by atoms with Crippen molar-refractivity contribution in [3.63, 3.8) is 0 Å². The molecular formula is C13H16FN3O2. The first-order valence-electron chi connectivity index (χ1n) is 5.70. The van der Waals surface area contributed by atoms with Gasteiger partial charge in [-0.25, -0.2) is 9.82 Å². The molecule has 0 heterocycles. The van der Waals surface area contributed by atoms with E-state index in [0.717, 1.165) is 6.21 Å². The average molecular weight is 265 g/mol. The molecule has 6 heteroatoms. The second kappa shape index (κ2) is 6.08. The summed E-state index contributed by atoms with van der Waals surface area (Å²) in [6.45, 7) is 5.25. The maximum Gasteiger partial charge on any atom is 0.329 e. The van der Waals surface area contributed by atoms with Crippen molar-refractivity contribution >= 4 is 18.0 Å². The van der Waals surface area contributed by atoms with Crippen LogP contribution in [0.25, 0.3) is 0 Å². The Labute approximate surface area is 110 Å². The van der Waals surface area contributed by atoms with Crippen LogP contribution in [0.5, 0.6) is 0 Å². The van der Waals surface area contributed by atoms with Gasteiger partial charge in [0, 0.05) is 11.1 Å². The number of rotatable bonds is 2. The molecule has 1 rings (SSSR count). The fourth-order valence-corrected chi connectivity index (χ4v) is 1.19. The van der Waals surface area contributed by atoms with Crippen LogP contribution in [0.3, 0.4) is 0 Å². The topological polar surface area (TPSA) is 70.6 Å². The first-order valence-corrected chi connectivity index (χ1v) is 5.70. The highest BCUT2D eigenvalue weighted by Gasteiger charge is 2.19. The largest absolute Gasteiger partial charge is 0.343 e. The van der Waals surface area contributed by atoms with Crippen molar-refractivity contribution in [2.45, 2.75) is 26.3 Å². The van der Waals surface area contributed by atoms with Gasteiger partial charge in [0.25, 0.3) is 0 Å². The number of hydrogen-bond acceptors (Lipinski definition) is 3. The molecule has 0 saturated carbocycles. The Morgan fingerprint density at radius 1 is 1.21 bits per heavy atom. The van der Waals surface area contributed by atoms with Crippen molar-refractivity contribution in [2.24, 2.45) is 5.10 Å². The molecule has 2 N–H and O–H groups in total. The summed E-state index contributed by atoms with van der Waals surface area (Å²) in [7, 11) is 0. The van der Waals surface area contributed by atoms with Crippen LogP contribution >= 0.6 is 0 Å². The molecule has 0 unspecified atom stereocenters. The van der Waals surface area contributed by atoms with Crippen molar-refractivity contribution in [3.05, 3.63) is 35.6 Å². The van der Waals surface area contributed by atoms with E-state index in [1.165, 1.54) is 12.1 Å². The number of nitrogens with zero attached hydrogens (tertiary/aromatic N) is 1. The Hall–Kier alpha value is -2.24. The monoisotopic (exact) mass is 265 g/mol. The Kier molecular flexibility index (Phi) is 4.74. The van der Waals surface area contributed by atoms with Crippen LogP contribution in [0.15, 0.2) is 29.4 Å². The molecule has 102 valence electrons. The lowest BCUT2D eigenvalue weighted by Crippen LogP contribution is -2.47. The van der Waals surface area contributed by atoms with Crippen LogP contribution in [0.4, 0.5) is 4.39 Å². The predicted octanol–water partition coefficient (Wildman–Crippen LogP) is 1.19. The van der Waals surface area contributed by atoms with Gasteiger partial charge in [-0.2, -0.15) is 5.10 Å². The van der Waals surface area contributed by atoms with E-state index in [4.69, 9.17) is 0 Å². The molecule has 0 aliphatic heterocycles. The van der Waals surface area contributed by atoms with Crippen molar-refractivity contribution in [1.82, 2.24) is 10.7 Å². The normalized spacial score (nSPS) is 11.4. The second-order valence-corrected chi connectivity index (χ2v) is 4.92. The number of hydrazone groups is 1. The lowest BCUT2D eigenvalue weighted by molar-refractivity contribution is -0.140. The number of carbonyl (C=O) groups excluding carboxylic acids is 2. The molecule has 2 amide bonds. The fourth-order valence-electron chi connectivity index (χ4n) is 1.19. The SMILES string of the molecule is CC(C)(C)NC(=O)C(=O)N/N=C\c1ccccc1F. The minimum absolute atomic E-state index is 0.221. The number of hydrogen-bond donors (Lipinski definition) is 2. The summed E-state index contributed by atoms with van der Waals surface area (Å²) in [6.07, 6.45) is 1.14. The third-order valence-electron chi connectivity index (χ3n) is 1.97. The highest BCUT2D eigenvalue weighted by Crippen LogP contribution is 2.02. The summed E-state index contributed by atoms with van der Waals surface area (Å²) in [4.78, 5) is 22.8. The molecule has 1 aromatic carbocycles. The number of halogens is 1. The zero-order valence-electron chi connectivity index (χ0n) is 11.0. The predicted molar refractivity (Wildman–Crippen MR) is 70.0 cm³/mol. The van der Waals surface area contributed by atoms with Gasteiger partial charge in [0.15, 0.2) is 0 Å². The first kappa shape index (κ1) is 14.8. The van der Waals surface area contributed by atoms with Gasteiger partial charge in [-0.05, 0) is 26.8 Å². The van der Waals surface area contributed by atoms with Gasteiger partial charge in [0.2, 0.25) is 0 Å². The fraction of sp³-hybridized carbons (Fsp3) is 0.308. The zero-order valence-corrected chi connectivity index (χ0v) is 11.0. The molecule has 0 spiro atoms. The maximum absolute atomic E-state index is 13.2. The minimum atomic E-state index is -0.900. The summed E-state index contributed by atoms with van der Waals surface area (Å²) in [5.74, 6) is -2.15. The van der Waals surface area contributed by atoms with Gasteiger partial charge in [-0.1, -0.05) is 18.2 Å². The molecule has 0 saturated heterocycles. The van der Waals surface area contributed by atoms with Crippen LogP contribution in [-0.2, 0) is 9.59 Å². The molecule has 19 heavy (non-hydrogen) atoms. The van der Waals surface area contributed by atoms with Crippen LogP contribution in [0, 0.1) is 5.82 Å². The number of benzene rings is 1. The smallest absolute Gasteiger partial charge is 0.329 e. The Balaban J connectivity index is 2.55. The number of carbonyl (C=O) groups is 2. The highest BCUT2D eigenvalue weighted by molar-refractivity contribution is 6.35. The first-order chi connectivity index (χ1) is 8.79. The minimum Gasteiger partial charge on any atom is -0.343 e. The van der Waals surface area contributed by atoms with Crippen molar-refractivity contribution < 1.29 is 14.0 Å². The van der Waals surface area contributed by atoms with E-state index < -0.39 is 23.2 Å². The summed E-state index contributed by atoms with van der Waals surface area (Å²) in [5, 5.41) is 6.01. The molecule has 0 bridgehead atoms. The molecule has 0 aliphatic carbocycles. The van der Waals surface area contributed by atoms with Gasteiger partial charge < -0.3 is 5.32 Å². The molecule has 0 atom stereocenters. The molecule has 1 aromatic rings. The zero-order chi connectivity index (χ0) is 14.5. The molecule has 0 aliphatic rings. The van der Waals surface area contributed by atoms with E-state index in [0.29, 0.717) is 0 Å². The second-order valence-electron chi connectivity index (χ2n) is 4.92. The molecule has 0 fully saturated rings. The van der Waals surface area contributed by atoms with Gasteiger partial charge in [0.05, 0.1) is 6.21 Å². The van der Waals surface area contributed by atoms with Gasteiger partial charge in [-0.15, -0.1) is 0 Å². The molecular weight excluding hydrogens is 249 g/mol. The van der Waals surface area contributed by atoms with Crippen LogP contribution in [0.1, 0.15) is 26.3 Å². The summed E-state index contributed by atoms with van der Waals surface area (Å²) < 4.78 is 13.2. The maximum atomic E-state index is 13.2. The Morgan fingerprint density at radius 3 is 2.42 bits per heavy atom. The average Bonchev–Trinajstić information content (AvgIpc) is 2.29. The molecule has 0 aromatic heterocycles. The lowest BCUT2D eigenvalue weighted by Gasteiger charge is -2.19. The third-order valence-corrected chi connectivity index (χ3v) is 1.97. The quantitative estimate of drug-likeness (QED) is 0.479. The van der Waals surface area contributed by atoms with E-state index in [-0.39, 0.29) is 5.56 Å². The van der Waals surface area contributed by atoms with Gasteiger partial charge in [-0.3, -0.25) is 9.59 Å². The summed E-state index contributed by atoms with van der Waals surface area (Å²) in [6, 6.07) is 5.95. The Morgan fingerprint density at radius 2 is 1.84 bits per heavy atom. The number of nitrogens with one attached hydrogen (secondary N) is 2.